The minimum atomic E-state index is -0.105. The van der Waals surface area contributed by atoms with Gasteiger partial charge in [-0.25, -0.2) is 0 Å². The van der Waals surface area contributed by atoms with Gasteiger partial charge in [-0.3, -0.25) is 9.59 Å². The Labute approximate surface area is 126 Å². The molecule has 4 heteroatoms. The number of nitrogens with one attached hydrogen (secondary N) is 1. The molecule has 1 aromatic carbocycles. The number of carbonyl (C=O) groups is 2. The summed E-state index contributed by atoms with van der Waals surface area (Å²) in [5, 5.41) is 2.94. The highest BCUT2D eigenvalue weighted by atomic mass is 16.2. The first-order valence-electron chi connectivity index (χ1n) is 7.76. The van der Waals surface area contributed by atoms with Crippen molar-refractivity contribution in [1.82, 2.24) is 4.90 Å². The summed E-state index contributed by atoms with van der Waals surface area (Å²) < 4.78 is 0. The molecule has 1 aromatic rings. The van der Waals surface area contributed by atoms with E-state index in [1.165, 1.54) is 0 Å². The summed E-state index contributed by atoms with van der Waals surface area (Å²) in [6, 6.07) is 9.47. The van der Waals surface area contributed by atoms with E-state index in [4.69, 9.17) is 0 Å². The number of amides is 2. The van der Waals surface area contributed by atoms with Crippen LogP contribution in [-0.2, 0) is 9.59 Å². The van der Waals surface area contributed by atoms with Crippen LogP contribution >= 0.6 is 0 Å². The van der Waals surface area contributed by atoms with Gasteiger partial charge in [0.25, 0.3) is 0 Å². The van der Waals surface area contributed by atoms with Gasteiger partial charge in [-0.05, 0) is 31.4 Å². The third-order valence-corrected chi connectivity index (χ3v) is 4.18. The van der Waals surface area contributed by atoms with Crippen LogP contribution in [-0.4, -0.2) is 29.8 Å². The molecule has 0 saturated carbocycles. The first kappa shape index (κ1) is 15.5. The van der Waals surface area contributed by atoms with E-state index in [2.05, 4.69) is 5.32 Å². The average molecular weight is 288 g/mol. The number of hydrogen-bond donors (Lipinski definition) is 1. The van der Waals surface area contributed by atoms with E-state index in [1.807, 2.05) is 49.1 Å². The van der Waals surface area contributed by atoms with E-state index in [0.717, 1.165) is 31.5 Å². The molecule has 1 aliphatic rings. The van der Waals surface area contributed by atoms with E-state index in [-0.39, 0.29) is 23.7 Å². The molecule has 2 atom stereocenters. The molecule has 1 N–H and O–H groups in total. The van der Waals surface area contributed by atoms with E-state index in [9.17, 15) is 9.59 Å². The van der Waals surface area contributed by atoms with E-state index < -0.39 is 0 Å². The lowest BCUT2D eigenvalue weighted by Gasteiger charge is -2.33. The zero-order valence-electron chi connectivity index (χ0n) is 12.8. The Bertz CT molecular complexity index is 487. The Morgan fingerprint density at radius 2 is 2.05 bits per heavy atom. The van der Waals surface area contributed by atoms with Gasteiger partial charge in [-0.15, -0.1) is 0 Å². The van der Waals surface area contributed by atoms with Crippen molar-refractivity contribution in [2.24, 2.45) is 11.8 Å². The van der Waals surface area contributed by atoms with Crippen LogP contribution in [0.15, 0.2) is 30.3 Å². The third-order valence-electron chi connectivity index (χ3n) is 4.18. The van der Waals surface area contributed by atoms with Crippen molar-refractivity contribution in [1.29, 1.82) is 0 Å². The van der Waals surface area contributed by atoms with Gasteiger partial charge >= 0.3 is 0 Å². The van der Waals surface area contributed by atoms with E-state index in [1.54, 1.807) is 0 Å². The lowest BCUT2D eigenvalue weighted by Crippen LogP contribution is -2.45. The summed E-state index contributed by atoms with van der Waals surface area (Å²) in [4.78, 5) is 26.4. The van der Waals surface area contributed by atoms with Gasteiger partial charge in [0.15, 0.2) is 0 Å². The number of anilines is 1. The lowest BCUT2D eigenvalue weighted by atomic mass is 9.95. The second-order valence-electron chi connectivity index (χ2n) is 5.79. The summed E-state index contributed by atoms with van der Waals surface area (Å²) in [7, 11) is 0. The molecule has 2 amide bonds. The Morgan fingerprint density at radius 1 is 1.33 bits per heavy atom. The van der Waals surface area contributed by atoms with Crippen LogP contribution in [0.3, 0.4) is 0 Å². The van der Waals surface area contributed by atoms with Crippen LogP contribution in [0, 0.1) is 11.8 Å². The van der Waals surface area contributed by atoms with Crippen molar-refractivity contribution in [3.8, 4) is 0 Å². The summed E-state index contributed by atoms with van der Waals surface area (Å²) in [6.07, 6.45) is 2.59. The largest absolute Gasteiger partial charge is 0.342 e. The Kier molecular flexibility index (Phi) is 5.37. The number of benzene rings is 1. The van der Waals surface area contributed by atoms with Gasteiger partial charge in [-0.1, -0.05) is 32.0 Å². The fraction of sp³-hybridized carbons (Fsp3) is 0.529. The topological polar surface area (TPSA) is 49.4 Å². The maximum atomic E-state index is 12.3. The second-order valence-corrected chi connectivity index (χ2v) is 5.79. The maximum absolute atomic E-state index is 12.3. The van der Waals surface area contributed by atoms with Crippen molar-refractivity contribution < 1.29 is 9.59 Å². The first-order valence-corrected chi connectivity index (χ1v) is 7.76. The van der Waals surface area contributed by atoms with Gasteiger partial charge in [0.1, 0.15) is 0 Å². The van der Waals surface area contributed by atoms with Crippen molar-refractivity contribution in [2.45, 2.75) is 33.1 Å². The number of piperidine rings is 1. The fourth-order valence-electron chi connectivity index (χ4n) is 2.64. The highest BCUT2D eigenvalue weighted by Gasteiger charge is 2.29. The number of carbonyl (C=O) groups excluding carboxylic acids is 2. The summed E-state index contributed by atoms with van der Waals surface area (Å²) >= 11 is 0. The van der Waals surface area contributed by atoms with Crippen LogP contribution in [0.2, 0.25) is 0 Å². The molecule has 1 fully saturated rings. The maximum Gasteiger partial charge on any atom is 0.229 e. The molecule has 1 saturated heterocycles. The van der Waals surface area contributed by atoms with Crippen LogP contribution in [0.5, 0.6) is 0 Å². The molecule has 0 spiro atoms. The number of likely N-dealkylation sites (tertiary alicyclic amines) is 1. The predicted octanol–water partition coefficient (Wildman–Crippen LogP) is 2.91. The summed E-state index contributed by atoms with van der Waals surface area (Å²) in [5.41, 5.74) is 0.813. The van der Waals surface area contributed by atoms with Gasteiger partial charge < -0.3 is 10.2 Å². The zero-order valence-corrected chi connectivity index (χ0v) is 12.8. The second kappa shape index (κ2) is 7.25. The first-order chi connectivity index (χ1) is 10.1. The fourth-order valence-corrected chi connectivity index (χ4v) is 2.64. The molecule has 0 aliphatic carbocycles. The van der Waals surface area contributed by atoms with Crippen molar-refractivity contribution in [3.05, 3.63) is 30.3 Å². The van der Waals surface area contributed by atoms with Crippen LogP contribution in [0.1, 0.15) is 33.1 Å². The zero-order chi connectivity index (χ0) is 15.2. The molecule has 0 unspecified atom stereocenters. The van der Waals surface area contributed by atoms with Crippen LogP contribution in [0.25, 0.3) is 0 Å². The molecule has 0 radical (unpaired) electrons. The number of para-hydroxylation sites is 1. The van der Waals surface area contributed by atoms with Crippen LogP contribution in [0.4, 0.5) is 5.69 Å². The minimum Gasteiger partial charge on any atom is -0.342 e. The molecule has 21 heavy (non-hydrogen) atoms. The molecule has 1 aliphatic heterocycles. The molecule has 0 aromatic heterocycles. The highest BCUT2D eigenvalue weighted by Crippen LogP contribution is 2.21. The monoisotopic (exact) mass is 288 g/mol. The molecule has 4 nitrogen and oxygen atoms in total. The van der Waals surface area contributed by atoms with Gasteiger partial charge in [-0.2, -0.15) is 0 Å². The molecule has 2 rings (SSSR count). The number of nitrogens with zero attached hydrogens (tertiary/aromatic N) is 1. The van der Waals surface area contributed by atoms with E-state index >= 15 is 0 Å². The summed E-state index contributed by atoms with van der Waals surface area (Å²) in [5.74, 6) is 0.130. The normalized spacial score (nSPS) is 19.9. The van der Waals surface area contributed by atoms with Crippen LogP contribution < -0.4 is 5.32 Å². The van der Waals surface area contributed by atoms with Gasteiger partial charge in [0.2, 0.25) is 11.8 Å². The molecule has 0 bridgehead atoms. The number of hydrogen-bond acceptors (Lipinski definition) is 2. The highest BCUT2D eigenvalue weighted by molar-refractivity contribution is 5.93. The molecule has 114 valence electrons. The SMILES string of the molecule is CC[C@H](C)C(=O)N1CCC[C@H](C(=O)Nc2ccccc2)C1. The number of rotatable bonds is 4. The predicted molar refractivity (Wildman–Crippen MR) is 83.8 cm³/mol. The van der Waals surface area contributed by atoms with Gasteiger partial charge in [0, 0.05) is 24.7 Å². The van der Waals surface area contributed by atoms with Crippen molar-refractivity contribution in [3.63, 3.8) is 0 Å². The van der Waals surface area contributed by atoms with Gasteiger partial charge in [0.05, 0.1) is 5.92 Å². The molecular formula is C17H24N2O2. The standard InChI is InChI=1S/C17H24N2O2/c1-3-13(2)17(21)19-11-7-8-14(12-19)16(20)18-15-9-5-4-6-10-15/h4-6,9-10,13-14H,3,7-8,11-12H2,1-2H3,(H,18,20)/t13-,14-/m0/s1. The lowest BCUT2D eigenvalue weighted by molar-refractivity contribution is -0.138. The minimum absolute atomic E-state index is 0.0165. The molecular weight excluding hydrogens is 264 g/mol. The van der Waals surface area contributed by atoms with Crippen molar-refractivity contribution >= 4 is 17.5 Å². The van der Waals surface area contributed by atoms with E-state index in [0.29, 0.717) is 6.54 Å². The average Bonchev–Trinajstić information content (AvgIpc) is 2.54. The smallest absolute Gasteiger partial charge is 0.229 e. The Morgan fingerprint density at radius 3 is 2.71 bits per heavy atom. The van der Waals surface area contributed by atoms with Crippen molar-refractivity contribution in [2.75, 3.05) is 18.4 Å². The quantitative estimate of drug-likeness (QED) is 0.926. The molecule has 1 heterocycles. The third kappa shape index (κ3) is 4.06. The Balaban J connectivity index is 1.94. The Hall–Kier alpha value is -1.84. The summed E-state index contributed by atoms with van der Waals surface area (Å²) in [6.45, 7) is 5.29.